The molecule has 0 amide bonds. The molecule has 3 heterocycles. The number of thiophene rings is 1. The van der Waals surface area contributed by atoms with E-state index in [2.05, 4.69) is 9.97 Å². The second-order valence-corrected chi connectivity index (χ2v) is 5.34. The molecule has 3 rings (SSSR count). The lowest BCUT2D eigenvalue weighted by Gasteiger charge is -2.33. The molecule has 0 radical (unpaired) electrons. The van der Waals surface area contributed by atoms with Crippen molar-refractivity contribution in [2.45, 2.75) is 12.5 Å². The van der Waals surface area contributed by atoms with E-state index in [9.17, 15) is 9.90 Å². The fourth-order valence-electron chi connectivity index (χ4n) is 2.35. The summed E-state index contributed by atoms with van der Waals surface area (Å²) in [6.07, 6.45) is 2.24. The van der Waals surface area contributed by atoms with Gasteiger partial charge in [-0.1, -0.05) is 0 Å². The molecule has 20 heavy (non-hydrogen) atoms. The van der Waals surface area contributed by atoms with E-state index in [0.717, 1.165) is 16.9 Å². The third-order valence-electron chi connectivity index (χ3n) is 3.21. The number of carboxylic acid groups (broad SMARTS) is 1. The number of anilines is 1. The van der Waals surface area contributed by atoms with Crippen LogP contribution >= 0.6 is 11.3 Å². The van der Waals surface area contributed by atoms with Crippen molar-refractivity contribution in [2.24, 2.45) is 0 Å². The highest BCUT2D eigenvalue weighted by molar-refractivity contribution is 7.10. The van der Waals surface area contributed by atoms with Crippen LogP contribution in [0, 0.1) is 11.3 Å². The molecule has 0 saturated heterocycles. The number of nitriles is 1. The molecule has 1 aliphatic heterocycles. The zero-order valence-electron chi connectivity index (χ0n) is 10.4. The Kier molecular flexibility index (Phi) is 3.08. The molecule has 0 bridgehead atoms. The molecular formula is C13H10N4O2S. The highest BCUT2D eigenvalue weighted by Gasteiger charge is 2.35. The third-order valence-corrected chi connectivity index (χ3v) is 4.21. The van der Waals surface area contributed by atoms with Gasteiger partial charge in [0.05, 0.1) is 0 Å². The lowest BCUT2D eigenvalue weighted by Crippen LogP contribution is -2.40. The second kappa shape index (κ2) is 4.90. The topological polar surface area (TPSA) is 90.1 Å². The van der Waals surface area contributed by atoms with Gasteiger partial charge in [-0.25, -0.2) is 14.8 Å². The highest BCUT2D eigenvalue weighted by atomic mass is 32.1. The van der Waals surface area contributed by atoms with Crippen LogP contribution in [0.25, 0.3) is 0 Å². The number of carbonyl (C=O) groups is 1. The van der Waals surface area contributed by atoms with Crippen molar-refractivity contribution in [1.29, 1.82) is 5.26 Å². The molecule has 0 fully saturated rings. The summed E-state index contributed by atoms with van der Waals surface area (Å²) in [5.41, 5.74) is 1.02. The van der Waals surface area contributed by atoms with Crippen molar-refractivity contribution in [3.63, 3.8) is 0 Å². The van der Waals surface area contributed by atoms with E-state index < -0.39 is 12.0 Å². The molecule has 1 N–H and O–H groups in total. The summed E-state index contributed by atoms with van der Waals surface area (Å²) in [5, 5.41) is 20.3. The maximum absolute atomic E-state index is 11.6. The molecule has 1 atom stereocenters. The summed E-state index contributed by atoms with van der Waals surface area (Å²) in [7, 11) is 0. The number of hydrogen-bond acceptors (Lipinski definition) is 6. The molecule has 7 heteroatoms. The van der Waals surface area contributed by atoms with Crippen LogP contribution in [0.4, 0.5) is 5.95 Å². The fourth-order valence-corrected chi connectivity index (χ4v) is 3.25. The summed E-state index contributed by atoms with van der Waals surface area (Å²) >= 11 is 1.57. The zero-order chi connectivity index (χ0) is 14.1. The van der Waals surface area contributed by atoms with Gasteiger partial charge in [0.2, 0.25) is 5.95 Å². The smallest absolute Gasteiger partial charge is 0.331 e. The molecule has 2 aromatic rings. The van der Waals surface area contributed by atoms with Gasteiger partial charge in [0.15, 0.2) is 6.04 Å². The Morgan fingerprint density at radius 2 is 2.40 bits per heavy atom. The van der Waals surface area contributed by atoms with Crippen molar-refractivity contribution < 1.29 is 9.90 Å². The molecule has 1 aliphatic rings. The predicted molar refractivity (Wildman–Crippen MR) is 72.5 cm³/mol. The summed E-state index contributed by atoms with van der Waals surface area (Å²) in [6.45, 7) is 0.527. The van der Waals surface area contributed by atoms with E-state index in [1.54, 1.807) is 16.2 Å². The van der Waals surface area contributed by atoms with Gasteiger partial charge in [0.1, 0.15) is 11.8 Å². The fraction of sp³-hybridized carbons (Fsp3) is 0.231. The average molecular weight is 286 g/mol. The monoisotopic (exact) mass is 286 g/mol. The van der Waals surface area contributed by atoms with Crippen LogP contribution in [0.1, 0.15) is 22.2 Å². The van der Waals surface area contributed by atoms with E-state index in [4.69, 9.17) is 5.26 Å². The van der Waals surface area contributed by atoms with Gasteiger partial charge >= 0.3 is 5.97 Å². The first kappa shape index (κ1) is 12.6. The SMILES string of the molecule is N#Cc1ccnc(N2CCc3sccc3C2C(=O)O)n1. The van der Waals surface area contributed by atoms with Gasteiger partial charge in [-0.15, -0.1) is 11.3 Å². The van der Waals surface area contributed by atoms with E-state index in [-0.39, 0.29) is 11.6 Å². The number of aliphatic carboxylic acids is 1. The van der Waals surface area contributed by atoms with Crippen LogP contribution in [0.15, 0.2) is 23.7 Å². The first-order valence-electron chi connectivity index (χ1n) is 5.99. The van der Waals surface area contributed by atoms with Crippen molar-refractivity contribution in [2.75, 3.05) is 11.4 Å². The van der Waals surface area contributed by atoms with Crippen molar-refractivity contribution in [1.82, 2.24) is 9.97 Å². The number of carboxylic acids is 1. The lowest BCUT2D eigenvalue weighted by molar-refractivity contribution is -0.138. The van der Waals surface area contributed by atoms with Crippen molar-refractivity contribution in [3.05, 3.63) is 39.8 Å². The number of aromatic nitrogens is 2. The minimum absolute atomic E-state index is 0.232. The molecule has 6 nitrogen and oxygen atoms in total. The summed E-state index contributed by atoms with van der Waals surface area (Å²) in [4.78, 5) is 22.5. The number of fused-ring (bicyclic) bond motifs is 1. The Balaban J connectivity index is 2.05. The molecule has 1 unspecified atom stereocenters. The molecular weight excluding hydrogens is 276 g/mol. The van der Waals surface area contributed by atoms with Gasteiger partial charge in [-0.05, 0) is 29.5 Å². The third kappa shape index (κ3) is 2.00. The van der Waals surface area contributed by atoms with Crippen LogP contribution in [0.3, 0.4) is 0 Å². The van der Waals surface area contributed by atoms with E-state index >= 15 is 0 Å². The number of rotatable bonds is 2. The largest absolute Gasteiger partial charge is 0.479 e. The summed E-state index contributed by atoms with van der Waals surface area (Å²) < 4.78 is 0. The van der Waals surface area contributed by atoms with Gasteiger partial charge < -0.3 is 10.0 Å². The van der Waals surface area contributed by atoms with Gasteiger partial charge in [-0.3, -0.25) is 0 Å². The standard InChI is InChI=1S/C13H10N4O2S/c14-7-8-1-4-15-13(16-8)17-5-2-10-9(3-6-20-10)11(17)12(18)19/h1,3-4,6,11H,2,5H2,(H,18,19). The van der Waals surface area contributed by atoms with Gasteiger partial charge in [0, 0.05) is 17.6 Å². The normalized spacial score (nSPS) is 17.4. The van der Waals surface area contributed by atoms with E-state index in [0.29, 0.717) is 6.54 Å². The maximum Gasteiger partial charge on any atom is 0.331 e. The quantitative estimate of drug-likeness (QED) is 0.901. The Labute approximate surface area is 118 Å². The second-order valence-electron chi connectivity index (χ2n) is 4.34. The molecule has 0 saturated carbocycles. The van der Waals surface area contributed by atoms with Crippen LogP contribution < -0.4 is 4.90 Å². The molecule has 2 aromatic heterocycles. The highest BCUT2D eigenvalue weighted by Crippen LogP contribution is 2.35. The maximum atomic E-state index is 11.6. The zero-order valence-corrected chi connectivity index (χ0v) is 11.2. The van der Waals surface area contributed by atoms with Crippen LogP contribution in [0.2, 0.25) is 0 Å². The lowest BCUT2D eigenvalue weighted by atomic mass is 10.0. The molecule has 100 valence electrons. The van der Waals surface area contributed by atoms with E-state index in [1.807, 2.05) is 17.5 Å². The van der Waals surface area contributed by atoms with E-state index in [1.165, 1.54) is 12.3 Å². The number of nitrogens with zero attached hydrogens (tertiary/aromatic N) is 4. The molecule has 0 aliphatic carbocycles. The first-order chi connectivity index (χ1) is 9.70. The summed E-state index contributed by atoms with van der Waals surface area (Å²) in [6, 6.07) is 4.48. The van der Waals surface area contributed by atoms with Crippen LogP contribution in [-0.4, -0.2) is 27.6 Å². The minimum atomic E-state index is -0.935. The van der Waals surface area contributed by atoms with Crippen LogP contribution in [0.5, 0.6) is 0 Å². The van der Waals surface area contributed by atoms with Gasteiger partial charge in [-0.2, -0.15) is 5.26 Å². The summed E-state index contributed by atoms with van der Waals surface area (Å²) in [5.74, 6) is -0.649. The molecule has 0 aromatic carbocycles. The van der Waals surface area contributed by atoms with Crippen molar-refractivity contribution >= 4 is 23.3 Å². The average Bonchev–Trinajstić information content (AvgIpc) is 2.94. The van der Waals surface area contributed by atoms with Gasteiger partial charge in [0.25, 0.3) is 0 Å². The first-order valence-corrected chi connectivity index (χ1v) is 6.87. The Hall–Kier alpha value is -2.46. The van der Waals surface area contributed by atoms with Crippen LogP contribution in [-0.2, 0) is 11.2 Å². The molecule has 0 spiro atoms. The minimum Gasteiger partial charge on any atom is -0.479 e. The number of hydrogen-bond donors (Lipinski definition) is 1. The predicted octanol–water partition coefficient (Wildman–Crippen LogP) is 1.60. The Morgan fingerprint density at radius 3 is 3.15 bits per heavy atom. The Bertz CT molecular complexity index is 706. The Morgan fingerprint density at radius 1 is 1.55 bits per heavy atom. The van der Waals surface area contributed by atoms with Crippen molar-refractivity contribution in [3.8, 4) is 6.07 Å².